The Labute approximate surface area is 130 Å². The number of nitrogens with zero attached hydrogens (tertiary/aromatic N) is 1. The summed E-state index contributed by atoms with van der Waals surface area (Å²) in [6, 6.07) is 19.5. The Morgan fingerprint density at radius 1 is 1.14 bits per heavy atom. The van der Waals surface area contributed by atoms with E-state index in [-0.39, 0.29) is 11.3 Å². The van der Waals surface area contributed by atoms with Gasteiger partial charge in [-0.1, -0.05) is 48.9 Å². The SMILES string of the molecule is N#Cc1cccc(CNC(=O)C2(c3ccccc3)CCC2)c1. The Morgan fingerprint density at radius 2 is 1.91 bits per heavy atom. The summed E-state index contributed by atoms with van der Waals surface area (Å²) < 4.78 is 0. The second-order valence-corrected chi connectivity index (χ2v) is 5.80. The van der Waals surface area contributed by atoms with Crippen LogP contribution < -0.4 is 5.32 Å². The van der Waals surface area contributed by atoms with Gasteiger partial charge in [-0.05, 0) is 36.1 Å². The monoisotopic (exact) mass is 290 g/mol. The van der Waals surface area contributed by atoms with Gasteiger partial charge < -0.3 is 5.32 Å². The van der Waals surface area contributed by atoms with E-state index < -0.39 is 0 Å². The van der Waals surface area contributed by atoms with E-state index >= 15 is 0 Å². The van der Waals surface area contributed by atoms with E-state index in [1.165, 1.54) is 0 Å². The summed E-state index contributed by atoms with van der Waals surface area (Å²) in [6.45, 7) is 0.461. The van der Waals surface area contributed by atoms with E-state index in [9.17, 15) is 4.79 Å². The van der Waals surface area contributed by atoms with Gasteiger partial charge in [0, 0.05) is 6.54 Å². The van der Waals surface area contributed by atoms with Crippen molar-refractivity contribution in [3.8, 4) is 6.07 Å². The highest BCUT2D eigenvalue weighted by Crippen LogP contribution is 2.43. The molecular formula is C19H18N2O. The van der Waals surface area contributed by atoms with Crippen molar-refractivity contribution in [2.75, 3.05) is 0 Å². The molecule has 1 amide bonds. The molecule has 1 N–H and O–H groups in total. The lowest BCUT2D eigenvalue weighted by atomic mass is 9.64. The van der Waals surface area contributed by atoms with E-state index in [1.54, 1.807) is 6.07 Å². The summed E-state index contributed by atoms with van der Waals surface area (Å²) in [4.78, 5) is 12.7. The number of carbonyl (C=O) groups is 1. The lowest BCUT2D eigenvalue weighted by molar-refractivity contribution is -0.130. The number of hydrogen-bond acceptors (Lipinski definition) is 2. The quantitative estimate of drug-likeness (QED) is 0.939. The highest BCUT2D eigenvalue weighted by Gasteiger charge is 2.45. The predicted octanol–water partition coefficient (Wildman–Crippen LogP) is 3.30. The first-order chi connectivity index (χ1) is 10.7. The van der Waals surface area contributed by atoms with Crippen LogP contribution in [0.25, 0.3) is 0 Å². The molecule has 0 saturated heterocycles. The van der Waals surface area contributed by atoms with Gasteiger partial charge in [-0.25, -0.2) is 0 Å². The molecule has 2 aromatic carbocycles. The van der Waals surface area contributed by atoms with Gasteiger partial charge in [0.15, 0.2) is 0 Å². The van der Waals surface area contributed by atoms with E-state index in [0.717, 1.165) is 30.4 Å². The zero-order valence-corrected chi connectivity index (χ0v) is 12.4. The summed E-state index contributed by atoms with van der Waals surface area (Å²) >= 11 is 0. The van der Waals surface area contributed by atoms with Crippen LogP contribution in [0.5, 0.6) is 0 Å². The first kappa shape index (κ1) is 14.3. The number of amides is 1. The fourth-order valence-corrected chi connectivity index (χ4v) is 3.04. The molecule has 3 heteroatoms. The number of nitrogens with one attached hydrogen (secondary N) is 1. The van der Waals surface area contributed by atoms with Crippen molar-refractivity contribution >= 4 is 5.91 Å². The molecule has 0 atom stereocenters. The third kappa shape index (κ3) is 2.60. The molecule has 3 rings (SSSR count). The Bertz CT molecular complexity index is 712. The third-order valence-electron chi connectivity index (χ3n) is 4.48. The number of rotatable bonds is 4. The van der Waals surface area contributed by atoms with Gasteiger partial charge in [0.25, 0.3) is 0 Å². The molecule has 110 valence electrons. The molecule has 0 aliphatic heterocycles. The Hall–Kier alpha value is -2.60. The second kappa shape index (κ2) is 6.03. The minimum atomic E-state index is -0.367. The number of nitriles is 1. The standard InChI is InChI=1S/C19H18N2O/c20-13-15-6-4-7-16(12-15)14-21-18(22)19(10-5-11-19)17-8-2-1-3-9-17/h1-4,6-9,12H,5,10-11,14H2,(H,21,22). The van der Waals surface area contributed by atoms with E-state index in [4.69, 9.17) is 5.26 Å². The fraction of sp³-hybridized carbons (Fsp3) is 0.263. The highest BCUT2D eigenvalue weighted by atomic mass is 16.2. The molecule has 0 spiro atoms. The zero-order chi connectivity index (χ0) is 15.4. The smallest absolute Gasteiger partial charge is 0.230 e. The Morgan fingerprint density at radius 3 is 2.55 bits per heavy atom. The van der Waals surface area contributed by atoms with Crippen LogP contribution in [-0.2, 0) is 16.8 Å². The summed E-state index contributed by atoms with van der Waals surface area (Å²) in [5.74, 6) is 0.0901. The molecule has 2 aromatic rings. The van der Waals surface area contributed by atoms with Crippen LogP contribution in [0, 0.1) is 11.3 Å². The Kier molecular flexibility index (Phi) is 3.93. The maximum absolute atomic E-state index is 12.7. The first-order valence-electron chi connectivity index (χ1n) is 7.57. The summed E-state index contributed by atoms with van der Waals surface area (Å²) in [5, 5.41) is 12.0. The molecular weight excluding hydrogens is 272 g/mol. The molecule has 0 radical (unpaired) electrons. The van der Waals surface area contributed by atoms with Gasteiger partial charge in [-0.15, -0.1) is 0 Å². The average Bonchev–Trinajstić information content (AvgIpc) is 2.53. The van der Waals surface area contributed by atoms with Crippen LogP contribution in [0.1, 0.15) is 36.0 Å². The van der Waals surface area contributed by atoms with Crippen molar-refractivity contribution in [2.24, 2.45) is 0 Å². The van der Waals surface area contributed by atoms with Crippen LogP contribution in [0.4, 0.5) is 0 Å². The zero-order valence-electron chi connectivity index (χ0n) is 12.4. The van der Waals surface area contributed by atoms with Crippen molar-refractivity contribution in [1.82, 2.24) is 5.32 Å². The van der Waals surface area contributed by atoms with Crippen molar-refractivity contribution in [1.29, 1.82) is 5.26 Å². The first-order valence-corrected chi connectivity index (χ1v) is 7.57. The Balaban J connectivity index is 1.72. The van der Waals surface area contributed by atoms with Crippen LogP contribution in [0.2, 0.25) is 0 Å². The lowest BCUT2D eigenvalue weighted by Crippen LogP contribution is -2.48. The van der Waals surface area contributed by atoms with Crippen LogP contribution in [0.3, 0.4) is 0 Å². The highest BCUT2D eigenvalue weighted by molar-refractivity contribution is 5.89. The maximum Gasteiger partial charge on any atom is 0.230 e. The number of hydrogen-bond donors (Lipinski definition) is 1. The van der Waals surface area contributed by atoms with Gasteiger partial charge in [-0.3, -0.25) is 4.79 Å². The predicted molar refractivity (Wildman–Crippen MR) is 85.0 cm³/mol. The molecule has 1 fully saturated rings. The topological polar surface area (TPSA) is 52.9 Å². The molecule has 1 aliphatic carbocycles. The number of benzene rings is 2. The number of carbonyl (C=O) groups excluding carboxylic acids is 1. The maximum atomic E-state index is 12.7. The van der Waals surface area contributed by atoms with E-state index in [1.807, 2.05) is 48.5 Å². The van der Waals surface area contributed by atoms with Crippen molar-refractivity contribution in [3.63, 3.8) is 0 Å². The molecule has 3 nitrogen and oxygen atoms in total. The second-order valence-electron chi connectivity index (χ2n) is 5.80. The van der Waals surface area contributed by atoms with Gasteiger partial charge >= 0.3 is 0 Å². The molecule has 1 saturated carbocycles. The van der Waals surface area contributed by atoms with Crippen LogP contribution in [0.15, 0.2) is 54.6 Å². The minimum Gasteiger partial charge on any atom is -0.351 e. The molecule has 0 bridgehead atoms. The van der Waals surface area contributed by atoms with Gasteiger partial charge in [-0.2, -0.15) is 5.26 Å². The normalized spacial score (nSPS) is 15.4. The summed E-state index contributed by atoms with van der Waals surface area (Å²) in [7, 11) is 0. The fourth-order valence-electron chi connectivity index (χ4n) is 3.04. The van der Waals surface area contributed by atoms with E-state index in [2.05, 4.69) is 11.4 Å². The van der Waals surface area contributed by atoms with E-state index in [0.29, 0.717) is 12.1 Å². The molecule has 0 aromatic heterocycles. The van der Waals surface area contributed by atoms with Crippen molar-refractivity contribution in [3.05, 3.63) is 71.3 Å². The van der Waals surface area contributed by atoms with Gasteiger partial charge in [0.1, 0.15) is 0 Å². The third-order valence-corrected chi connectivity index (χ3v) is 4.48. The average molecular weight is 290 g/mol. The van der Waals surface area contributed by atoms with Gasteiger partial charge in [0.05, 0.1) is 17.0 Å². The molecule has 1 aliphatic rings. The summed E-state index contributed by atoms with van der Waals surface area (Å²) in [5.41, 5.74) is 2.31. The minimum absolute atomic E-state index is 0.0901. The largest absolute Gasteiger partial charge is 0.351 e. The summed E-state index contributed by atoms with van der Waals surface area (Å²) in [6.07, 6.45) is 2.90. The molecule has 22 heavy (non-hydrogen) atoms. The molecule has 0 unspecified atom stereocenters. The van der Waals surface area contributed by atoms with Gasteiger partial charge in [0.2, 0.25) is 5.91 Å². The van der Waals surface area contributed by atoms with Crippen LogP contribution in [-0.4, -0.2) is 5.91 Å². The lowest BCUT2D eigenvalue weighted by Gasteiger charge is -2.40. The van der Waals surface area contributed by atoms with Crippen LogP contribution >= 0.6 is 0 Å². The molecule has 0 heterocycles. The van der Waals surface area contributed by atoms with Crippen molar-refractivity contribution < 1.29 is 4.79 Å². The van der Waals surface area contributed by atoms with Crippen molar-refractivity contribution in [2.45, 2.75) is 31.2 Å².